The van der Waals surface area contributed by atoms with Crippen LogP contribution in [0.3, 0.4) is 0 Å². The summed E-state index contributed by atoms with van der Waals surface area (Å²) < 4.78 is 43.4. The van der Waals surface area contributed by atoms with Gasteiger partial charge in [-0.05, 0) is 29.1 Å². The second-order valence-electron chi connectivity index (χ2n) is 6.40. The van der Waals surface area contributed by atoms with Gasteiger partial charge >= 0.3 is 13.3 Å². The number of hydrogen-bond donors (Lipinski definition) is 2. The van der Waals surface area contributed by atoms with E-state index in [-0.39, 0.29) is 23.1 Å². The van der Waals surface area contributed by atoms with Crippen LogP contribution < -0.4 is 10.8 Å². The van der Waals surface area contributed by atoms with Crippen LogP contribution in [0.15, 0.2) is 59.9 Å². The molecular formula is C19H13BF3N3O3. The number of nitrogens with one attached hydrogen (secondary N) is 1. The molecule has 4 rings (SSSR count). The minimum Gasteiger partial charge on any atom is -0.515 e. The van der Waals surface area contributed by atoms with Gasteiger partial charge in [-0.2, -0.15) is 13.2 Å². The fraction of sp³-hybridized carbons (Fsp3) is 0.105. The van der Waals surface area contributed by atoms with Gasteiger partial charge < -0.3 is 15.0 Å². The Morgan fingerprint density at radius 1 is 1.17 bits per heavy atom. The highest BCUT2D eigenvalue weighted by molar-refractivity contribution is 6.64. The topological polar surface area (TPSA) is 83.8 Å². The number of aliphatic imine (C=N–C) groups is 1. The predicted molar refractivity (Wildman–Crippen MR) is 102 cm³/mol. The number of hydrogen-bond acceptors (Lipinski definition) is 5. The molecule has 0 fully saturated rings. The number of amides is 1. The lowest BCUT2D eigenvalue weighted by molar-refractivity contribution is -0.115. The zero-order chi connectivity index (χ0) is 20.6. The van der Waals surface area contributed by atoms with Crippen molar-refractivity contribution in [3.8, 4) is 0 Å². The fourth-order valence-corrected chi connectivity index (χ4v) is 3.06. The molecule has 0 atom stereocenters. The molecule has 0 bridgehead atoms. The first-order chi connectivity index (χ1) is 13.8. The number of pyridine rings is 1. The van der Waals surface area contributed by atoms with Crippen LogP contribution in [-0.2, 0) is 15.9 Å². The molecule has 1 aliphatic rings. The highest BCUT2D eigenvalue weighted by Crippen LogP contribution is 2.28. The Balaban J connectivity index is 1.59. The Hall–Kier alpha value is -3.40. The molecule has 2 N–H and O–H groups in total. The number of fused-ring (bicyclic) bond motifs is 2. The van der Waals surface area contributed by atoms with Gasteiger partial charge in [0.2, 0.25) is 5.91 Å². The Labute approximate surface area is 163 Å². The summed E-state index contributed by atoms with van der Waals surface area (Å²) in [6, 6.07) is 11.5. The number of alkyl halides is 3. The average Bonchev–Trinajstić information content (AvgIpc) is 2.67. The van der Waals surface area contributed by atoms with E-state index in [1.54, 1.807) is 36.7 Å². The Kier molecular flexibility index (Phi) is 4.71. The predicted octanol–water partition coefficient (Wildman–Crippen LogP) is 2.73. The summed E-state index contributed by atoms with van der Waals surface area (Å²) in [6.07, 6.45) is -1.75. The number of nitrogens with zero attached hydrogens (tertiary/aromatic N) is 2. The molecule has 3 aromatic rings. The third kappa shape index (κ3) is 3.92. The second-order valence-corrected chi connectivity index (χ2v) is 6.40. The molecule has 0 unspecified atom stereocenters. The molecule has 0 aliphatic carbocycles. The molecule has 2 heterocycles. The van der Waals surface area contributed by atoms with Crippen LogP contribution in [0, 0.1) is 0 Å². The quantitative estimate of drug-likeness (QED) is 0.664. The highest BCUT2D eigenvalue weighted by Gasteiger charge is 2.44. The van der Waals surface area contributed by atoms with E-state index in [2.05, 4.69) is 19.9 Å². The van der Waals surface area contributed by atoms with Crippen molar-refractivity contribution in [2.75, 3.05) is 5.32 Å². The number of benzene rings is 2. The molecule has 146 valence electrons. The zero-order valence-electron chi connectivity index (χ0n) is 14.8. The van der Waals surface area contributed by atoms with Crippen molar-refractivity contribution in [1.29, 1.82) is 0 Å². The number of para-hydroxylation sites is 1. The number of halogens is 3. The summed E-state index contributed by atoms with van der Waals surface area (Å²) in [4.78, 5) is 20.0. The molecule has 0 radical (unpaired) electrons. The standard InChI is InChI=1S/C19H13BF3N3O3/c21-19(22,23)18-26-17-12(2-1-3-15(17)20(28)29-18)9-16(27)25-14-5-4-13-10-24-7-6-11(13)8-14/h1-8,10,28H,9H2,(H,25,27). The van der Waals surface area contributed by atoms with Gasteiger partial charge in [-0.15, -0.1) is 0 Å². The number of carbonyl (C=O) groups is 1. The lowest BCUT2D eigenvalue weighted by atomic mass is 9.76. The normalized spacial score (nSPS) is 13.5. The largest absolute Gasteiger partial charge is 0.563 e. The van der Waals surface area contributed by atoms with E-state index in [1.807, 2.05) is 0 Å². The van der Waals surface area contributed by atoms with Crippen molar-refractivity contribution >= 4 is 46.5 Å². The van der Waals surface area contributed by atoms with Crippen LogP contribution in [-0.4, -0.2) is 35.1 Å². The van der Waals surface area contributed by atoms with Gasteiger partial charge in [0.05, 0.1) is 12.1 Å². The van der Waals surface area contributed by atoms with Crippen LogP contribution in [0.4, 0.5) is 24.5 Å². The lowest BCUT2D eigenvalue weighted by Crippen LogP contribution is -2.44. The van der Waals surface area contributed by atoms with Crippen LogP contribution >= 0.6 is 0 Å². The molecule has 6 nitrogen and oxygen atoms in total. The molecule has 1 aliphatic heterocycles. The van der Waals surface area contributed by atoms with E-state index >= 15 is 0 Å². The van der Waals surface area contributed by atoms with Crippen molar-refractivity contribution in [2.24, 2.45) is 4.99 Å². The van der Waals surface area contributed by atoms with Gasteiger partial charge in [0.15, 0.2) is 0 Å². The molecule has 0 spiro atoms. The van der Waals surface area contributed by atoms with Gasteiger partial charge in [0.1, 0.15) is 0 Å². The summed E-state index contributed by atoms with van der Waals surface area (Å²) in [5.41, 5.74) is 0.746. The molecule has 1 aromatic heterocycles. The summed E-state index contributed by atoms with van der Waals surface area (Å²) in [7, 11) is -1.81. The van der Waals surface area contributed by atoms with Gasteiger partial charge in [-0.1, -0.05) is 24.3 Å². The first-order valence-corrected chi connectivity index (χ1v) is 8.57. The van der Waals surface area contributed by atoms with E-state index in [9.17, 15) is 23.0 Å². The number of rotatable bonds is 3. The van der Waals surface area contributed by atoms with E-state index in [0.717, 1.165) is 10.8 Å². The van der Waals surface area contributed by atoms with E-state index in [1.165, 1.54) is 18.2 Å². The highest BCUT2D eigenvalue weighted by atomic mass is 19.4. The molecule has 0 saturated heterocycles. The van der Waals surface area contributed by atoms with Crippen molar-refractivity contribution in [2.45, 2.75) is 12.6 Å². The van der Waals surface area contributed by atoms with Gasteiger partial charge in [0.25, 0.3) is 5.90 Å². The molecular weight excluding hydrogens is 386 g/mol. The molecule has 10 heteroatoms. The fourth-order valence-electron chi connectivity index (χ4n) is 3.06. The maximum atomic E-state index is 13.0. The summed E-state index contributed by atoms with van der Waals surface area (Å²) in [6.45, 7) is 0. The van der Waals surface area contributed by atoms with Crippen LogP contribution in [0.5, 0.6) is 0 Å². The van der Waals surface area contributed by atoms with Crippen molar-refractivity contribution in [1.82, 2.24) is 4.98 Å². The van der Waals surface area contributed by atoms with Crippen LogP contribution in [0.2, 0.25) is 0 Å². The smallest absolute Gasteiger partial charge is 0.515 e. The SMILES string of the molecule is O=C(Cc1cccc2c1N=C(C(F)(F)F)OB2O)Nc1ccc2cnccc2c1. The maximum Gasteiger partial charge on any atom is 0.563 e. The van der Waals surface area contributed by atoms with Crippen molar-refractivity contribution in [3.05, 3.63) is 60.4 Å². The van der Waals surface area contributed by atoms with E-state index in [0.29, 0.717) is 5.69 Å². The summed E-state index contributed by atoms with van der Waals surface area (Å²) in [5.74, 6) is -1.98. The van der Waals surface area contributed by atoms with Crippen LogP contribution in [0.25, 0.3) is 10.8 Å². The van der Waals surface area contributed by atoms with Gasteiger partial charge in [-0.25, -0.2) is 4.99 Å². The first-order valence-electron chi connectivity index (χ1n) is 8.57. The Morgan fingerprint density at radius 2 is 2.00 bits per heavy atom. The van der Waals surface area contributed by atoms with E-state index in [4.69, 9.17) is 0 Å². The van der Waals surface area contributed by atoms with Crippen molar-refractivity contribution in [3.63, 3.8) is 0 Å². The van der Waals surface area contributed by atoms with Crippen LogP contribution in [0.1, 0.15) is 5.56 Å². The minimum absolute atomic E-state index is 0.0708. The molecule has 1 amide bonds. The Morgan fingerprint density at radius 3 is 2.79 bits per heavy atom. The average molecular weight is 399 g/mol. The van der Waals surface area contributed by atoms with E-state index < -0.39 is 25.1 Å². The molecule has 0 saturated carbocycles. The lowest BCUT2D eigenvalue weighted by Gasteiger charge is -2.22. The second kappa shape index (κ2) is 7.21. The summed E-state index contributed by atoms with van der Waals surface area (Å²) in [5, 5.41) is 14.4. The molecule has 29 heavy (non-hydrogen) atoms. The minimum atomic E-state index is -4.85. The summed E-state index contributed by atoms with van der Waals surface area (Å²) >= 11 is 0. The number of anilines is 1. The van der Waals surface area contributed by atoms with Gasteiger partial charge in [0, 0.05) is 28.9 Å². The number of carbonyl (C=O) groups excluding carboxylic acids is 1. The van der Waals surface area contributed by atoms with Gasteiger partial charge in [-0.3, -0.25) is 9.78 Å². The molecule has 2 aromatic carbocycles. The Bertz CT molecular complexity index is 1130. The number of aromatic nitrogens is 1. The first kappa shape index (κ1) is 18.9. The third-order valence-electron chi connectivity index (χ3n) is 4.37. The monoisotopic (exact) mass is 399 g/mol. The maximum absolute atomic E-state index is 13.0. The third-order valence-corrected chi connectivity index (χ3v) is 4.37. The van der Waals surface area contributed by atoms with Crippen molar-refractivity contribution < 1.29 is 27.6 Å². The zero-order valence-corrected chi connectivity index (χ0v) is 14.8.